The monoisotopic (exact) mass is 234 g/mol. The van der Waals surface area contributed by atoms with Crippen LogP contribution < -0.4 is 5.32 Å². The van der Waals surface area contributed by atoms with Gasteiger partial charge < -0.3 is 5.32 Å². The Morgan fingerprint density at radius 2 is 2.36 bits per heavy atom. The normalized spacial score (nSPS) is 14.1. The lowest BCUT2D eigenvalue weighted by Gasteiger charge is -2.12. The van der Waals surface area contributed by atoms with Crippen LogP contribution in [0.25, 0.3) is 0 Å². The molecule has 1 N–H and O–H groups in total. The highest BCUT2D eigenvalue weighted by molar-refractivity contribution is 7.90. The first-order valence-corrected chi connectivity index (χ1v) is 7.18. The lowest BCUT2D eigenvalue weighted by Crippen LogP contribution is -2.34. The van der Waals surface area contributed by atoms with Gasteiger partial charge >= 0.3 is 0 Å². The molecule has 0 aliphatic heterocycles. The zero-order valence-electron chi connectivity index (χ0n) is 8.23. The van der Waals surface area contributed by atoms with E-state index in [9.17, 15) is 8.42 Å². The Morgan fingerprint density at radius 1 is 1.64 bits per heavy atom. The van der Waals surface area contributed by atoms with E-state index in [1.807, 2.05) is 5.38 Å². The van der Waals surface area contributed by atoms with Crippen LogP contribution in [-0.2, 0) is 16.3 Å². The summed E-state index contributed by atoms with van der Waals surface area (Å²) in [5.41, 5.74) is 0. The molecule has 0 spiro atoms. The second-order valence-electron chi connectivity index (χ2n) is 3.21. The Labute approximate surface area is 88.3 Å². The first-order valence-electron chi connectivity index (χ1n) is 4.24. The summed E-state index contributed by atoms with van der Waals surface area (Å²) in [6.45, 7) is 0. The molecule has 0 amide bonds. The topological polar surface area (TPSA) is 59.1 Å². The summed E-state index contributed by atoms with van der Waals surface area (Å²) in [6.07, 6.45) is 3.65. The van der Waals surface area contributed by atoms with Gasteiger partial charge in [-0.05, 0) is 7.05 Å². The molecule has 0 saturated carbocycles. The maximum Gasteiger partial charge on any atom is 0.148 e. The fourth-order valence-electron chi connectivity index (χ4n) is 1.17. The fraction of sp³-hybridized carbons (Fsp3) is 0.625. The van der Waals surface area contributed by atoms with Gasteiger partial charge in [0.2, 0.25) is 0 Å². The number of sulfone groups is 1. The van der Waals surface area contributed by atoms with E-state index < -0.39 is 9.84 Å². The minimum atomic E-state index is -2.92. The summed E-state index contributed by atoms with van der Waals surface area (Å²) in [5, 5.41) is 5.84. The number of nitrogens with one attached hydrogen (secondary N) is 1. The maximum atomic E-state index is 11.1. The van der Waals surface area contributed by atoms with Crippen LogP contribution in [0.5, 0.6) is 0 Å². The van der Waals surface area contributed by atoms with Gasteiger partial charge in [-0.1, -0.05) is 0 Å². The molecule has 0 bridgehead atoms. The van der Waals surface area contributed by atoms with Gasteiger partial charge in [-0.2, -0.15) is 0 Å². The van der Waals surface area contributed by atoms with E-state index in [1.165, 1.54) is 6.26 Å². The first kappa shape index (κ1) is 11.6. The summed E-state index contributed by atoms with van der Waals surface area (Å²) in [5.74, 6) is 0.156. The van der Waals surface area contributed by atoms with Crippen molar-refractivity contribution in [1.29, 1.82) is 0 Å². The summed E-state index contributed by atoms with van der Waals surface area (Å²) >= 11 is 1.55. The van der Waals surface area contributed by atoms with Crippen molar-refractivity contribution < 1.29 is 8.42 Å². The minimum Gasteiger partial charge on any atom is -0.316 e. The highest BCUT2D eigenvalue weighted by Crippen LogP contribution is 2.08. The van der Waals surface area contributed by atoms with E-state index in [1.54, 1.807) is 24.6 Å². The van der Waals surface area contributed by atoms with Crippen molar-refractivity contribution in [2.24, 2.45) is 0 Å². The standard InChI is InChI=1S/C8H14N2O2S2/c1-9-7(6-14(2,11)12)5-8-10-3-4-13-8/h3-4,7,9H,5-6H2,1-2H3. The first-order chi connectivity index (χ1) is 6.51. The summed E-state index contributed by atoms with van der Waals surface area (Å²) in [7, 11) is -1.16. The number of aromatic nitrogens is 1. The molecule has 0 saturated heterocycles. The quantitative estimate of drug-likeness (QED) is 0.797. The zero-order valence-corrected chi connectivity index (χ0v) is 9.86. The third-order valence-electron chi connectivity index (χ3n) is 1.82. The summed E-state index contributed by atoms with van der Waals surface area (Å²) in [4.78, 5) is 4.12. The average molecular weight is 234 g/mol. The van der Waals surface area contributed by atoms with Crippen molar-refractivity contribution in [3.63, 3.8) is 0 Å². The van der Waals surface area contributed by atoms with Crippen LogP contribution in [0.4, 0.5) is 0 Å². The van der Waals surface area contributed by atoms with E-state index in [0.717, 1.165) is 5.01 Å². The molecular weight excluding hydrogens is 220 g/mol. The Bertz CT molecular complexity index is 359. The van der Waals surface area contributed by atoms with Gasteiger partial charge in [0.15, 0.2) is 0 Å². The Hall–Kier alpha value is -0.460. The molecule has 6 heteroatoms. The van der Waals surface area contributed by atoms with E-state index >= 15 is 0 Å². The van der Waals surface area contributed by atoms with Crippen LogP contribution in [0.15, 0.2) is 11.6 Å². The summed E-state index contributed by atoms with van der Waals surface area (Å²) < 4.78 is 22.1. The molecule has 0 aromatic carbocycles. The Balaban J connectivity index is 2.56. The third kappa shape index (κ3) is 4.17. The molecule has 1 heterocycles. The molecule has 0 radical (unpaired) electrons. The molecule has 0 aliphatic rings. The molecule has 0 fully saturated rings. The molecule has 14 heavy (non-hydrogen) atoms. The zero-order chi connectivity index (χ0) is 10.6. The number of nitrogens with zero attached hydrogens (tertiary/aromatic N) is 1. The van der Waals surface area contributed by atoms with Gasteiger partial charge in [0.25, 0.3) is 0 Å². The number of thiazole rings is 1. The van der Waals surface area contributed by atoms with E-state index in [-0.39, 0.29) is 11.8 Å². The van der Waals surface area contributed by atoms with Gasteiger partial charge in [0, 0.05) is 30.3 Å². The molecule has 1 aromatic heterocycles. The maximum absolute atomic E-state index is 11.1. The van der Waals surface area contributed by atoms with E-state index in [0.29, 0.717) is 6.42 Å². The highest BCUT2D eigenvalue weighted by atomic mass is 32.2. The predicted molar refractivity (Wildman–Crippen MR) is 58.4 cm³/mol. The summed E-state index contributed by atoms with van der Waals surface area (Å²) in [6, 6.07) is -0.0452. The fourth-order valence-corrected chi connectivity index (χ4v) is 2.89. The van der Waals surface area contributed by atoms with Crippen LogP contribution in [0.3, 0.4) is 0 Å². The van der Waals surface area contributed by atoms with Crippen molar-refractivity contribution >= 4 is 21.2 Å². The molecule has 1 rings (SSSR count). The Morgan fingerprint density at radius 3 is 2.79 bits per heavy atom. The molecule has 1 unspecified atom stereocenters. The number of rotatable bonds is 5. The second kappa shape index (κ2) is 4.86. The van der Waals surface area contributed by atoms with Crippen LogP contribution in [0, 0.1) is 0 Å². The van der Waals surface area contributed by atoms with Crippen molar-refractivity contribution in [1.82, 2.24) is 10.3 Å². The van der Waals surface area contributed by atoms with Crippen LogP contribution in [0.1, 0.15) is 5.01 Å². The number of hydrogen-bond donors (Lipinski definition) is 1. The average Bonchev–Trinajstić information content (AvgIpc) is 2.53. The van der Waals surface area contributed by atoms with Gasteiger partial charge in [-0.25, -0.2) is 13.4 Å². The van der Waals surface area contributed by atoms with Crippen LogP contribution in [-0.4, -0.2) is 38.5 Å². The smallest absolute Gasteiger partial charge is 0.148 e. The lowest BCUT2D eigenvalue weighted by molar-refractivity contribution is 0.566. The SMILES string of the molecule is CNC(Cc1nccs1)CS(C)(=O)=O. The van der Waals surface area contributed by atoms with Gasteiger partial charge in [-0.15, -0.1) is 11.3 Å². The second-order valence-corrected chi connectivity index (χ2v) is 6.37. The number of likely N-dealkylation sites (N-methyl/N-ethyl adjacent to an activating group) is 1. The van der Waals surface area contributed by atoms with Gasteiger partial charge in [-0.3, -0.25) is 0 Å². The Kier molecular flexibility index (Phi) is 4.03. The van der Waals surface area contributed by atoms with E-state index in [2.05, 4.69) is 10.3 Å². The van der Waals surface area contributed by atoms with E-state index in [4.69, 9.17) is 0 Å². The molecule has 4 nitrogen and oxygen atoms in total. The van der Waals surface area contributed by atoms with Crippen molar-refractivity contribution in [3.05, 3.63) is 16.6 Å². The van der Waals surface area contributed by atoms with Crippen molar-refractivity contribution in [3.8, 4) is 0 Å². The van der Waals surface area contributed by atoms with Crippen LogP contribution in [0.2, 0.25) is 0 Å². The molecule has 1 aromatic rings. The molecule has 80 valence electrons. The molecular formula is C8H14N2O2S2. The largest absolute Gasteiger partial charge is 0.316 e. The highest BCUT2D eigenvalue weighted by Gasteiger charge is 2.14. The van der Waals surface area contributed by atoms with Gasteiger partial charge in [0.1, 0.15) is 9.84 Å². The van der Waals surface area contributed by atoms with Crippen LogP contribution >= 0.6 is 11.3 Å². The lowest BCUT2D eigenvalue weighted by atomic mass is 10.2. The third-order valence-corrected chi connectivity index (χ3v) is 3.63. The molecule has 0 aliphatic carbocycles. The molecule has 1 atom stereocenters. The number of hydrogen-bond acceptors (Lipinski definition) is 5. The predicted octanol–water partition coefficient (Wildman–Crippen LogP) is 0.318. The van der Waals surface area contributed by atoms with Gasteiger partial charge in [0.05, 0.1) is 10.8 Å². The minimum absolute atomic E-state index is 0.0452. The van der Waals surface area contributed by atoms with Crippen molar-refractivity contribution in [2.75, 3.05) is 19.1 Å². The van der Waals surface area contributed by atoms with Crippen molar-refractivity contribution in [2.45, 2.75) is 12.5 Å².